The van der Waals surface area contributed by atoms with E-state index in [2.05, 4.69) is 58.0 Å². The van der Waals surface area contributed by atoms with E-state index in [1.807, 2.05) is 24.3 Å². The van der Waals surface area contributed by atoms with Gasteiger partial charge in [0.2, 0.25) is 21.4 Å². The summed E-state index contributed by atoms with van der Waals surface area (Å²) >= 11 is 4.12. The lowest BCUT2D eigenvalue weighted by atomic mass is 10.0. The molecule has 0 amide bonds. The summed E-state index contributed by atoms with van der Waals surface area (Å²) in [7, 11) is -1.55. The highest BCUT2D eigenvalue weighted by molar-refractivity contribution is 7.80. The van der Waals surface area contributed by atoms with Crippen molar-refractivity contribution in [2.24, 2.45) is 7.05 Å². The summed E-state index contributed by atoms with van der Waals surface area (Å²) in [6.45, 7) is 0.486. The second kappa shape index (κ2) is 9.99. The van der Waals surface area contributed by atoms with Crippen LogP contribution in [0.2, 0.25) is 0 Å². The Hall–Kier alpha value is -2.24. The molecule has 0 aliphatic heterocycles. The molecule has 1 atom stereocenters. The van der Waals surface area contributed by atoms with Crippen LogP contribution in [0.25, 0.3) is 21.8 Å². The van der Waals surface area contributed by atoms with Gasteiger partial charge in [-0.25, -0.2) is 8.42 Å². The molecule has 3 rings (SSSR count). The molecule has 29 heavy (non-hydrogen) atoms. The van der Waals surface area contributed by atoms with E-state index < -0.39 is 22.4 Å². The van der Waals surface area contributed by atoms with Gasteiger partial charge in [0.05, 0.1) is 17.9 Å². The summed E-state index contributed by atoms with van der Waals surface area (Å²) in [5.74, 6) is -0.624. The highest BCUT2D eigenvalue weighted by Gasteiger charge is 2.19. The number of aromatic nitrogens is 1. The number of para-hydroxylation sites is 2. The van der Waals surface area contributed by atoms with E-state index in [1.165, 1.54) is 0 Å². The van der Waals surface area contributed by atoms with E-state index in [-0.39, 0.29) is 5.75 Å². The van der Waals surface area contributed by atoms with E-state index in [9.17, 15) is 22.9 Å². The molecule has 0 bridgehead atoms. The molecule has 8 nitrogen and oxygen atoms in total. The van der Waals surface area contributed by atoms with Gasteiger partial charge in [-0.05, 0) is 17.7 Å². The summed E-state index contributed by atoms with van der Waals surface area (Å²) in [6.07, 6.45) is 0. The molecule has 3 aromatic rings. The monoisotopic (exact) mass is 438 g/mol. The van der Waals surface area contributed by atoms with E-state index in [1.54, 1.807) is 0 Å². The minimum absolute atomic E-state index is 0.256. The van der Waals surface area contributed by atoms with Crippen LogP contribution in [-0.2, 0) is 33.0 Å². The second-order valence-corrected chi connectivity index (χ2v) is 7.62. The third-order valence-electron chi connectivity index (χ3n) is 4.39. The largest absolute Gasteiger partial charge is 0.726 e. The summed E-state index contributed by atoms with van der Waals surface area (Å²) in [6, 6.07) is 15.7. The Labute approximate surface area is 174 Å². The highest BCUT2D eigenvalue weighted by atomic mass is 32.3. The molecule has 0 spiro atoms. The molecule has 0 aliphatic rings. The Morgan fingerprint density at radius 1 is 1.17 bits per heavy atom. The molecule has 1 aromatic heterocycles. The van der Waals surface area contributed by atoms with Gasteiger partial charge in [-0.2, -0.15) is 17.2 Å². The lowest BCUT2D eigenvalue weighted by Crippen LogP contribution is -2.38. The number of nitrogens with zero attached hydrogens (tertiary/aromatic N) is 1. The zero-order valence-corrected chi connectivity index (χ0v) is 17.6. The number of aryl methyl sites for hydroxylation is 1. The van der Waals surface area contributed by atoms with Gasteiger partial charge in [-0.15, -0.1) is 0 Å². The van der Waals surface area contributed by atoms with Crippen molar-refractivity contribution in [1.29, 1.82) is 0 Å². The number of carboxylic acids is 1. The maximum absolute atomic E-state index is 11.2. The van der Waals surface area contributed by atoms with E-state index >= 15 is 0 Å². The smallest absolute Gasteiger partial charge is 0.321 e. The molecular weight excluding hydrogens is 416 g/mol. The average Bonchev–Trinajstić information content (AvgIpc) is 2.70. The first kappa shape index (κ1) is 23.0. The number of carbonyl (C=O) groups is 1. The van der Waals surface area contributed by atoms with Crippen LogP contribution in [0, 0.1) is 0 Å². The minimum atomic E-state index is -4.41. The van der Waals surface area contributed by atoms with Crippen molar-refractivity contribution < 1.29 is 31.6 Å². The van der Waals surface area contributed by atoms with Crippen LogP contribution in [-0.4, -0.2) is 43.0 Å². The summed E-state index contributed by atoms with van der Waals surface area (Å²) < 4.78 is 33.2. The van der Waals surface area contributed by atoms with Crippen LogP contribution >= 0.6 is 12.6 Å². The Balaban J connectivity index is 0.000000438. The van der Waals surface area contributed by atoms with Gasteiger partial charge in [-0.3, -0.25) is 14.3 Å². The quantitative estimate of drug-likeness (QED) is 0.175. The van der Waals surface area contributed by atoms with Gasteiger partial charge in [-0.1, -0.05) is 24.3 Å². The first-order valence-corrected chi connectivity index (χ1v) is 10.5. The Morgan fingerprint density at radius 2 is 1.62 bits per heavy atom. The predicted molar refractivity (Wildman–Crippen MR) is 111 cm³/mol. The van der Waals surface area contributed by atoms with Gasteiger partial charge in [0, 0.05) is 24.4 Å². The molecule has 1 unspecified atom stereocenters. The van der Waals surface area contributed by atoms with E-state index in [4.69, 9.17) is 0 Å². The van der Waals surface area contributed by atoms with Crippen molar-refractivity contribution in [3.8, 4) is 0 Å². The highest BCUT2D eigenvalue weighted by Crippen LogP contribution is 2.24. The van der Waals surface area contributed by atoms with Crippen molar-refractivity contribution >= 4 is 50.8 Å². The molecule has 156 valence electrons. The minimum Gasteiger partial charge on any atom is -0.726 e. The van der Waals surface area contributed by atoms with Gasteiger partial charge >= 0.3 is 5.97 Å². The average molecular weight is 439 g/mol. The van der Waals surface area contributed by atoms with Crippen molar-refractivity contribution in [2.75, 3.05) is 12.9 Å². The fourth-order valence-corrected chi connectivity index (χ4v) is 3.25. The van der Waals surface area contributed by atoms with Crippen LogP contribution in [0.5, 0.6) is 0 Å². The number of hydrogen-bond donors (Lipinski definition) is 3. The number of aliphatic carboxylic acids is 1. The molecule has 10 heteroatoms. The number of fused-ring (bicyclic) bond motifs is 2. The number of nitrogens with one attached hydrogen (secondary N) is 1. The zero-order valence-electron chi connectivity index (χ0n) is 15.9. The summed E-state index contributed by atoms with van der Waals surface area (Å²) in [5, 5.41) is 14.6. The lowest BCUT2D eigenvalue weighted by molar-refractivity contribution is -0.617. The standard InChI is InChI=1S/C18H18N2O2S.CH4O4S/c1-20-16-8-4-2-6-12(16)14(10-19-15(11-23)18(21)22)13-7-3-5-9-17(13)20;1-5-6(2,3)4/h2-9,15,19H,10-11H2,1H3,(H-,21,22,23);1H3,(H,2,3,4). The van der Waals surface area contributed by atoms with Crippen LogP contribution in [0.1, 0.15) is 5.56 Å². The van der Waals surface area contributed by atoms with Crippen molar-refractivity contribution in [2.45, 2.75) is 12.6 Å². The first-order valence-electron chi connectivity index (χ1n) is 8.56. The molecule has 0 aliphatic carbocycles. The third-order valence-corrected chi connectivity index (χ3v) is 5.16. The predicted octanol–water partition coefficient (Wildman–Crippen LogP) is 1.38. The van der Waals surface area contributed by atoms with Crippen molar-refractivity contribution in [3.63, 3.8) is 0 Å². The maximum atomic E-state index is 11.2. The molecule has 2 aromatic carbocycles. The van der Waals surface area contributed by atoms with Gasteiger partial charge in [0.1, 0.15) is 13.1 Å². The number of thiol groups is 1. The number of rotatable bonds is 6. The van der Waals surface area contributed by atoms with Crippen LogP contribution in [0.15, 0.2) is 48.5 Å². The van der Waals surface area contributed by atoms with Crippen molar-refractivity contribution in [3.05, 3.63) is 54.1 Å². The fraction of sp³-hybridized carbons (Fsp3) is 0.263. The molecule has 1 heterocycles. The summed E-state index contributed by atoms with van der Waals surface area (Å²) in [5.41, 5.74) is 3.36. The Kier molecular flexibility index (Phi) is 7.94. The number of benzene rings is 2. The van der Waals surface area contributed by atoms with Crippen LogP contribution < -0.4 is 9.88 Å². The summed E-state index contributed by atoms with van der Waals surface area (Å²) in [4.78, 5) is 11.2. The normalized spacial score (nSPS) is 12.4. The molecular formula is C19H22N2O6S2. The van der Waals surface area contributed by atoms with Gasteiger partial charge in [0.25, 0.3) is 0 Å². The molecule has 0 saturated heterocycles. The van der Waals surface area contributed by atoms with Gasteiger partial charge < -0.3 is 9.66 Å². The van der Waals surface area contributed by atoms with E-state index in [0.29, 0.717) is 6.54 Å². The third kappa shape index (κ3) is 5.87. The first-order chi connectivity index (χ1) is 13.7. The van der Waals surface area contributed by atoms with Crippen molar-refractivity contribution in [1.82, 2.24) is 5.32 Å². The lowest BCUT2D eigenvalue weighted by Gasteiger charge is -2.14. The number of hydrogen-bond acceptors (Lipinski definition) is 7. The molecule has 0 radical (unpaired) electrons. The van der Waals surface area contributed by atoms with Crippen LogP contribution in [0.4, 0.5) is 0 Å². The van der Waals surface area contributed by atoms with Gasteiger partial charge in [0.15, 0.2) is 0 Å². The molecule has 2 N–H and O–H groups in total. The Morgan fingerprint density at radius 3 is 2.00 bits per heavy atom. The zero-order chi connectivity index (χ0) is 21.6. The van der Waals surface area contributed by atoms with E-state index in [0.717, 1.165) is 34.5 Å². The molecule has 0 saturated carbocycles. The molecule has 0 fully saturated rings. The maximum Gasteiger partial charge on any atom is 0.321 e. The number of carboxylic acid groups (broad SMARTS) is 1. The number of pyridine rings is 1. The topological polar surface area (TPSA) is 120 Å². The fourth-order valence-electron chi connectivity index (χ4n) is 2.96. The Bertz CT molecular complexity index is 1060. The SMILES string of the molecule is COS(=O)(=O)[O-].C[n+]1c2ccccc2c(CNC(CS)C(=O)O)c2ccccc21. The second-order valence-electron chi connectivity index (χ2n) is 6.10. The van der Waals surface area contributed by atoms with Crippen LogP contribution in [0.3, 0.4) is 0 Å².